The van der Waals surface area contributed by atoms with Crippen molar-refractivity contribution in [3.8, 4) is 0 Å². The first kappa shape index (κ1) is 15.2. The maximum atomic E-state index is 11.9. The number of amides is 1. The number of ether oxygens (including phenoxy) is 1. The molecule has 0 atom stereocenters. The molecule has 104 valence electrons. The lowest BCUT2D eigenvalue weighted by Crippen LogP contribution is -2.27. The van der Waals surface area contributed by atoms with Gasteiger partial charge in [-0.1, -0.05) is 17.7 Å². The highest BCUT2D eigenvalue weighted by Gasteiger charge is 2.10. The van der Waals surface area contributed by atoms with Gasteiger partial charge in [-0.05, 0) is 39.3 Å². The Balaban J connectivity index is 2.45. The molecule has 1 rings (SSSR count). The molecule has 0 heterocycles. The molecule has 1 amide bonds. The number of hydrogen-bond donors (Lipinski definition) is 1. The molecule has 0 aliphatic rings. The molecule has 0 fully saturated rings. The smallest absolute Gasteiger partial charge is 0.307 e. The van der Waals surface area contributed by atoms with Crippen molar-refractivity contribution >= 4 is 11.9 Å². The number of rotatable bonds is 5. The molecule has 19 heavy (non-hydrogen) atoms. The Morgan fingerprint density at radius 2 is 1.95 bits per heavy atom. The van der Waals surface area contributed by atoms with E-state index in [1.165, 1.54) is 0 Å². The minimum atomic E-state index is -0.295. The average Bonchev–Trinajstić information content (AvgIpc) is 2.27. The van der Waals surface area contributed by atoms with Crippen LogP contribution in [0.2, 0.25) is 0 Å². The Morgan fingerprint density at radius 1 is 1.26 bits per heavy atom. The summed E-state index contributed by atoms with van der Waals surface area (Å²) in [6, 6.07) is 5.66. The quantitative estimate of drug-likeness (QED) is 0.830. The van der Waals surface area contributed by atoms with Crippen LogP contribution in [-0.4, -0.2) is 24.5 Å². The zero-order chi connectivity index (χ0) is 14.4. The molecule has 0 aromatic heterocycles. The van der Waals surface area contributed by atoms with Crippen LogP contribution in [0.4, 0.5) is 0 Å². The zero-order valence-electron chi connectivity index (χ0n) is 11.9. The van der Waals surface area contributed by atoms with Crippen LogP contribution in [0.15, 0.2) is 18.2 Å². The normalized spacial score (nSPS) is 10.4. The van der Waals surface area contributed by atoms with Crippen molar-refractivity contribution in [3.63, 3.8) is 0 Å². The topological polar surface area (TPSA) is 55.4 Å². The fourth-order valence-corrected chi connectivity index (χ4v) is 1.76. The van der Waals surface area contributed by atoms with Crippen molar-refractivity contribution in [1.82, 2.24) is 5.32 Å². The van der Waals surface area contributed by atoms with Gasteiger partial charge in [0.15, 0.2) is 0 Å². The van der Waals surface area contributed by atoms with Crippen LogP contribution in [0.3, 0.4) is 0 Å². The number of carbonyl (C=O) groups is 2. The number of nitrogens with one attached hydrogen (secondary N) is 1. The highest BCUT2D eigenvalue weighted by molar-refractivity contribution is 5.95. The van der Waals surface area contributed by atoms with Crippen molar-refractivity contribution in [2.24, 2.45) is 0 Å². The van der Waals surface area contributed by atoms with Crippen molar-refractivity contribution in [1.29, 1.82) is 0 Å². The van der Waals surface area contributed by atoms with Crippen molar-refractivity contribution in [3.05, 3.63) is 34.9 Å². The molecule has 0 saturated heterocycles. The van der Waals surface area contributed by atoms with E-state index in [9.17, 15) is 9.59 Å². The van der Waals surface area contributed by atoms with Crippen LogP contribution in [0.25, 0.3) is 0 Å². The van der Waals surface area contributed by atoms with E-state index in [2.05, 4.69) is 5.32 Å². The monoisotopic (exact) mass is 263 g/mol. The van der Waals surface area contributed by atoms with Crippen LogP contribution in [0, 0.1) is 13.8 Å². The lowest BCUT2D eigenvalue weighted by Gasteiger charge is -2.10. The standard InChI is InChI=1S/C15H21NO3/c1-10(2)19-14(17)7-8-16-15(18)13-6-5-11(3)9-12(13)4/h5-6,9-10H,7-8H2,1-4H3,(H,16,18). The molecule has 0 unspecified atom stereocenters. The van der Waals surface area contributed by atoms with Gasteiger partial charge >= 0.3 is 5.97 Å². The summed E-state index contributed by atoms with van der Waals surface area (Å²) >= 11 is 0. The summed E-state index contributed by atoms with van der Waals surface area (Å²) in [5.41, 5.74) is 2.69. The van der Waals surface area contributed by atoms with Gasteiger partial charge in [-0.15, -0.1) is 0 Å². The Kier molecular flexibility index (Phi) is 5.55. The van der Waals surface area contributed by atoms with E-state index in [0.717, 1.165) is 11.1 Å². The van der Waals surface area contributed by atoms with Gasteiger partial charge in [0, 0.05) is 12.1 Å². The average molecular weight is 263 g/mol. The van der Waals surface area contributed by atoms with Gasteiger partial charge in [-0.3, -0.25) is 9.59 Å². The Bertz CT molecular complexity index is 466. The first-order chi connectivity index (χ1) is 8.90. The number of hydrogen-bond acceptors (Lipinski definition) is 3. The second kappa shape index (κ2) is 6.92. The van der Waals surface area contributed by atoms with Crippen LogP contribution in [0.1, 0.15) is 41.8 Å². The molecule has 4 nitrogen and oxygen atoms in total. The summed E-state index contributed by atoms with van der Waals surface area (Å²) < 4.78 is 4.99. The predicted octanol–water partition coefficient (Wildman–Crippen LogP) is 2.37. The summed E-state index contributed by atoms with van der Waals surface area (Å²) in [4.78, 5) is 23.2. The third-order valence-corrected chi connectivity index (χ3v) is 2.61. The van der Waals surface area contributed by atoms with Crippen LogP contribution in [-0.2, 0) is 9.53 Å². The van der Waals surface area contributed by atoms with E-state index in [1.807, 2.05) is 26.0 Å². The number of aryl methyl sites for hydroxylation is 2. The Morgan fingerprint density at radius 3 is 2.53 bits per heavy atom. The summed E-state index contributed by atoms with van der Waals surface area (Å²) in [5.74, 6) is -0.453. The molecule has 0 aliphatic heterocycles. The first-order valence-corrected chi connectivity index (χ1v) is 6.45. The number of carbonyl (C=O) groups excluding carboxylic acids is 2. The third kappa shape index (κ3) is 5.12. The Labute approximate surface area is 114 Å². The molecular formula is C15H21NO3. The van der Waals surface area contributed by atoms with Crippen molar-refractivity contribution in [2.75, 3.05) is 6.54 Å². The summed E-state index contributed by atoms with van der Waals surface area (Å²) in [5, 5.41) is 2.72. The summed E-state index contributed by atoms with van der Waals surface area (Å²) in [6.45, 7) is 7.77. The molecule has 1 aromatic rings. The molecule has 0 radical (unpaired) electrons. The minimum Gasteiger partial charge on any atom is -0.463 e. The maximum Gasteiger partial charge on any atom is 0.307 e. The summed E-state index contributed by atoms with van der Waals surface area (Å²) in [7, 11) is 0. The van der Waals surface area contributed by atoms with Gasteiger partial charge in [0.25, 0.3) is 5.91 Å². The molecule has 4 heteroatoms. The van der Waals surface area contributed by atoms with E-state index in [0.29, 0.717) is 5.56 Å². The molecule has 0 spiro atoms. The fourth-order valence-electron chi connectivity index (χ4n) is 1.76. The zero-order valence-corrected chi connectivity index (χ0v) is 11.9. The van der Waals surface area contributed by atoms with Crippen LogP contribution >= 0.6 is 0 Å². The van der Waals surface area contributed by atoms with E-state index in [4.69, 9.17) is 4.74 Å². The highest BCUT2D eigenvalue weighted by atomic mass is 16.5. The van der Waals surface area contributed by atoms with Gasteiger partial charge < -0.3 is 10.1 Å². The molecule has 1 aromatic carbocycles. The van der Waals surface area contributed by atoms with E-state index < -0.39 is 0 Å². The van der Waals surface area contributed by atoms with E-state index in [1.54, 1.807) is 19.9 Å². The number of esters is 1. The van der Waals surface area contributed by atoms with E-state index in [-0.39, 0.29) is 30.9 Å². The second-order valence-corrected chi connectivity index (χ2v) is 4.86. The number of benzene rings is 1. The van der Waals surface area contributed by atoms with Crippen molar-refractivity contribution < 1.29 is 14.3 Å². The Hall–Kier alpha value is -1.84. The minimum absolute atomic E-state index is 0.123. The molecule has 1 N–H and O–H groups in total. The SMILES string of the molecule is Cc1ccc(C(=O)NCCC(=O)OC(C)C)c(C)c1. The van der Waals surface area contributed by atoms with Gasteiger partial charge in [-0.25, -0.2) is 0 Å². The van der Waals surface area contributed by atoms with E-state index >= 15 is 0 Å². The largest absolute Gasteiger partial charge is 0.463 e. The lowest BCUT2D eigenvalue weighted by atomic mass is 10.1. The van der Waals surface area contributed by atoms with Gasteiger partial charge in [0.05, 0.1) is 12.5 Å². The highest BCUT2D eigenvalue weighted by Crippen LogP contribution is 2.10. The second-order valence-electron chi connectivity index (χ2n) is 4.86. The molecule has 0 aliphatic carbocycles. The third-order valence-electron chi connectivity index (χ3n) is 2.61. The van der Waals surface area contributed by atoms with Gasteiger partial charge in [0.2, 0.25) is 0 Å². The first-order valence-electron chi connectivity index (χ1n) is 6.45. The predicted molar refractivity (Wildman–Crippen MR) is 74.1 cm³/mol. The van der Waals surface area contributed by atoms with Crippen molar-refractivity contribution in [2.45, 2.75) is 40.2 Å². The summed E-state index contributed by atoms with van der Waals surface area (Å²) in [6.07, 6.45) is 0.0667. The maximum absolute atomic E-state index is 11.9. The van der Waals surface area contributed by atoms with Crippen LogP contribution in [0.5, 0.6) is 0 Å². The lowest BCUT2D eigenvalue weighted by molar-refractivity contribution is -0.147. The molecule has 0 bridgehead atoms. The van der Waals surface area contributed by atoms with Crippen LogP contribution < -0.4 is 5.32 Å². The fraction of sp³-hybridized carbons (Fsp3) is 0.467. The molecule has 0 saturated carbocycles. The van der Waals surface area contributed by atoms with Gasteiger partial charge in [0.1, 0.15) is 0 Å². The van der Waals surface area contributed by atoms with Gasteiger partial charge in [-0.2, -0.15) is 0 Å². The molecular weight excluding hydrogens is 242 g/mol.